The maximum Gasteiger partial charge on any atom is 0.185 e. The molecule has 0 radical (unpaired) electrons. The second kappa shape index (κ2) is 5.04. The van der Waals surface area contributed by atoms with Crippen LogP contribution in [0.4, 0.5) is 0 Å². The van der Waals surface area contributed by atoms with Crippen molar-refractivity contribution in [2.75, 3.05) is 0 Å². The molecule has 17 heavy (non-hydrogen) atoms. The summed E-state index contributed by atoms with van der Waals surface area (Å²) in [6.07, 6.45) is 5.19. The Bertz CT molecular complexity index is 480. The average molecular weight is 256 g/mol. The lowest BCUT2D eigenvalue weighted by molar-refractivity contribution is 0.109. The van der Waals surface area contributed by atoms with E-state index in [1.54, 1.807) is 6.07 Å². The summed E-state index contributed by atoms with van der Waals surface area (Å²) in [4.78, 5) is 10.4. The molecule has 1 aliphatic carbocycles. The van der Waals surface area contributed by atoms with E-state index in [-0.39, 0.29) is 16.8 Å². The van der Waals surface area contributed by atoms with Crippen LogP contribution in [0, 0.1) is 0 Å². The molecule has 0 unspecified atom stereocenters. The largest absolute Gasteiger partial charge is 0.457 e. The van der Waals surface area contributed by atoms with E-state index in [2.05, 4.69) is 0 Å². The number of hydrogen-bond donors (Lipinski definition) is 0. The monoisotopic (exact) mass is 256 g/mol. The van der Waals surface area contributed by atoms with Crippen molar-refractivity contribution in [3.05, 3.63) is 23.7 Å². The van der Waals surface area contributed by atoms with E-state index in [4.69, 9.17) is 4.42 Å². The van der Waals surface area contributed by atoms with Crippen LogP contribution < -0.4 is 0 Å². The highest BCUT2D eigenvalue weighted by atomic mass is 32.2. The van der Waals surface area contributed by atoms with Crippen LogP contribution in [0.15, 0.2) is 16.5 Å². The molecule has 4 nitrogen and oxygen atoms in total. The Balaban J connectivity index is 2.08. The SMILES string of the molecule is O=Cc1ccc(CS(=O)(=O)C2CCCCC2)o1. The summed E-state index contributed by atoms with van der Waals surface area (Å²) in [6.45, 7) is 0. The predicted octanol–water partition coefficient (Wildman–Crippen LogP) is 2.34. The fourth-order valence-corrected chi connectivity index (χ4v) is 4.11. The molecule has 0 spiro atoms. The summed E-state index contributed by atoms with van der Waals surface area (Å²) in [5.41, 5.74) is 0. The molecule has 94 valence electrons. The Morgan fingerprint density at radius 2 is 1.94 bits per heavy atom. The van der Waals surface area contributed by atoms with Gasteiger partial charge in [-0.2, -0.15) is 0 Å². The number of furan rings is 1. The van der Waals surface area contributed by atoms with Gasteiger partial charge < -0.3 is 4.42 Å². The smallest absolute Gasteiger partial charge is 0.185 e. The first kappa shape index (κ1) is 12.4. The van der Waals surface area contributed by atoms with Crippen molar-refractivity contribution in [3.8, 4) is 0 Å². The second-order valence-electron chi connectivity index (χ2n) is 4.49. The third-order valence-corrected chi connectivity index (χ3v) is 5.38. The van der Waals surface area contributed by atoms with E-state index in [0.717, 1.165) is 32.1 Å². The third kappa shape index (κ3) is 2.97. The van der Waals surface area contributed by atoms with Crippen LogP contribution >= 0.6 is 0 Å². The lowest BCUT2D eigenvalue weighted by atomic mass is 10.0. The molecular formula is C12H16O4S. The molecular weight excluding hydrogens is 240 g/mol. The van der Waals surface area contributed by atoms with Gasteiger partial charge in [0.05, 0.1) is 5.25 Å². The van der Waals surface area contributed by atoms with Crippen LogP contribution in [-0.2, 0) is 15.6 Å². The van der Waals surface area contributed by atoms with Crippen molar-refractivity contribution in [1.82, 2.24) is 0 Å². The molecule has 1 aromatic rings. The molecule has 0 aromatic carbocycles. The van der Waals surface area contributed by atoms with Gasteiger partial charge in [-0.25, -0.2) is 8.42 Å². The van der Waals surface area contributed by atoms with Crippen molar-refractivity contribution >= 4 is 16.1 Å². The van der Waals surface area contributed by atoms with E-state index in [1.807, 2.05) is 0 Å². The zero-order valence-corrected chi connectivity index (χ0v) is 10.4. The first-order valence-corrected chi connectivity index (χ1v) is 7.59. The van der Waals surface area contributed by atoms with Crippen molar-refractivity contribution in [2.24, 2.45) is 0 Å². The van der Waals surface area contributed by atoms with E-state index < -0.39 is 9.84 Å². The molecule has 1 aromatic heterocycles. The quantitative estimate of drug-likeness (QED) is 0.776. The van der Waals surface area contributed by atoms with Gasteiger partial charge in [0.25, 0.3) is 0 Å². The minimum absolute atomic E-state index is 0.0918. The molecule has 0 N–H and O–H groups in total. The summed E-state index contributed by atoms with van der Waals surface area (Å²) in [6, 6.07) is 3.06. The zero-order chi connectivity index (χ0) is 12.3. The number of carbonyl (C=O) groups is 1. The van der Waals surface area contributed by atoms with Gasteiger partial charge in [0.15, 0.2) is 21.9 Å². The Kier molecular flexibility index (Phi) is 3.66. The van der Waals surface area contributed by atoms with Crippen LogP contribution in [-0.4, -0.2) is 20.0 Å². The zero-order valence-electron chi connectivity index (χ0n) is 9.59. The highest BCUT2D eigenvalue weighted by Gasteiger charge is 2.28. The summed E-state index contributed by atoms with van der Waals surface area (Å²) in [7, 11) is -3.14. The number of aldehydes is 1. The van der Waals surface area contributed by atoms with E-state index in [1.165, 1.54) is 6.07 Å². The maximum absolute atomic E-state index is 12.1. The molecule has 0 saturated heterocycles. The van der Waals surface area contributed by atoms with Crippen LogP contribution in [0.5, 0.6) is 0 Å². The molecule has 2 rings (SSSR count). The minimum atomic E-state index is -3.14. The lowest BCUT2D eigenvalue weighted by Gasteiger charge is -2.21. The Labute approximate surface area is 101 Å². The Hall–Kier alpha value is -1.10. The molecule has 0 amide bonds. The van der Waals surface area contributed by atoms with Crippen LogP contribution in [0.2, 0.25) is 0 Å². The van der Waals surface area contributed by atoms with Gasteiger partial charge in [0, 0.05) is 0 Å². The van der Waals surface area contributed by atoms with E-state index in [0.29, 0.717) is 12.0 Å². The molecule has 1 saturated carbocycles. The summed E-state index contributed by atoms with van der Waals surface area (Å²) < 4.78 is 29.3. The molecule has 1 fully saturated rings. The Morgan fingerprint density at radius 3 is 2.53 bits per heavy atom. The Morgan fingerprint density at radius 1 is 1.24 bits per heavy atom. The van der Waals surface area contributed by atoms with Crippen molar-refractivity contribution < 1.29 is 17.6 Å². The van der Waals surface area contributed by atoms with Crippen molar-refractivity contribution in [2.45, 2.75) is 43.1 Å². The standard InChI is InChI=1S/C12H16O4S/c13-8-10-6-7-11(16-10)9-17(14,15)12-4-2-1-3-5-12/h6-8,12H,1-5,9H2. The molecule has 0 aliphatic heterocycles. The van der Waals surface area contributed by atoms with Crippen LogP contribution in [0.25, 0.3) is 0 Å². The second-order valence-corrected chi connectivity index (χ2v) is 6.77. The van der Waals surface area contributed by atoms with E-state index in [9.17, 15) is 13.2 Å². The predicted molar refractivity (Wildman–Crippen MR) is 63.6 cm³/mol. The van der Waals surface area contributed by atoms with Gasteiger partial charge in [0.1, 0.15) is 11.5 Å². The van der Waals surface area contributed by atoms with Gasteiger partial charge in [-0.3, -0.25) is 4.79 Å². The molecule has 0 atom stereocenters. The van der Waals surface area contributed by atoms with Crippen molar-refractivity contribution in [1.29, 1.82) is 0 Å². The summed E-state index contributed by atoms with van der Waals surface area (Å²) in [5, 5.41) is -0.235. The number of rotatable bonds is 4. The number of carbonyl (C=O) groups excluding carboxylic acids is 1. The summed E-state index contributed by atoms with van der Waals surface area (Å²) >= 11 is 0. The van der Waals surface area contributed by atoms with Crippen LogP contribution in [0.3, 0.4) is 0 Å². The number of hydrogen-bond acceptors (Lipinski definition) is 4. The molecule has 1 heterocycles. The van der Waals surface area contributed by atoms with Gasteiger partial charge in [0.2, 0.25) is 0 Å². The fraction of sp³-hybridized carbons (Fsp3) is 0.583. The first-order chi connectivity index (χ1) is 8.12. The van der Waals surface area contributed by atoms with Gasteiger partial charge in [-0.1, -0.05) is 19.3 Å². The van der Waals surface area contributed by atoms with Gasteiger partial charge in [-0.05, 0) is 25.0 Å². The molecule has 5 heteroatoms. The summed E-state index contributed by atoms with van der Waals surface area (Å²) in [5.74, 6) is 0.447. The minimum Gasteiger partial charge on any atom is -0.457 e. The third-order valence-electron chi connectivity index (χ3n) is 3.20. The first-order valence-electron chi connectivity index (χ1n) is 5.87. The van der Waals surface area contributed by atoms with E-state index >= 15 is 0 Å². The molecule has 1 aliphatic rings. The number of sulfone groups is 1. The van der Waals surface area contributed by atoms with Crippen molar-refractivity contribution in [3.63, 3.8) is 0 Å². The van der Waals surface area contributed by atoms with Gasteiger partial charge in [-0.15, -0.1) is 0 Å². The lowest BCUT2D eigenvalue weighted by Crippen LogP contribution is -2.25. The fourth-order valence-electron chi connectivity index (χ4n) is 2.28. The highest BCUT2D eigenvalue weighted by Crippen LogP contribution is 2.26. The maximum atomic E-state index is 12.1. The normalized spacial score (nSPS) is 18.1. The van der Waals surface area contributed by atoms with Gasteiger partial charge >= 0.3 is 0 Å². The average Bonchev–Trinajstić information content (AvgIpc) is 2.77. The highest BCUT2D eigenvalue weighted by molar-refractivity contribution is 7.91. The van der Waals surface area contributed by atoms with Crippen LogP contribution in [0.1, 0.15) is 48.4 Å². The topological polar surface area (TPSA) is 64.3 Å². The molecule has 0 bridgehead atoms.